The predicted molar refractivity (Wildman–Crippen MR) is 114 cm³/mol. The third-order valence-electron chi connectivity index (χ3n) is 4.48. The maximum atomic E-state index is 6.26. The number of nitrogens with one attached hydrogen (secondary N) is 1. The molecule has 1 atom stereocenters. The third-order valence-corrected chi connectivity index (χ3v) is 4.48. The average molecular weight is 369 g/mol. The molecule has 0 fully saturated rings. The van der Waals surface area contributed by atoms with Gasteiger partial charge in [-0.3, -0.25) is 0 Å². The molecule has 0 spiro atoms. The Morgan fingerprint density at radius 2 is 2.07 bits per heavy atom. The van der Waals surface area contributed by atoms with E-state index in [4.69, 9.17) is 9.47 Å². The molecule has 1 aromatic carbocycles. The van der Waals surface area contributed by atoms with Crippen LogP contribution in [0.2, 0.25) is 0 Å². The van der Waals surface area contributed by atoms with Crippen LogP contribution >= 0.6 is 0 Å². The number of hydrogen-bond acceptors (Lipinski definition) is 3. The molecule has 1 aromatic heterocycles. The van der Waals surface area contributed by atoms with Crippen LogP contribution in [0.15, 0.2) is 42.3 Å². The van der Waals surface area contributed by atoms with E-state index in [0.717, 1.165) is 51.9 Å². The van der Waals surface area contributed by atoms with Gasteiger partial charge in [-0.05, 0) is 62.2 Å². The summed E-state index contributed by atoms with van der Waals surface area (Å²) in [5.74, 6) is 1.80. The highest BCUT2D eigenvalue weighted by Gasteiger charge is 2.12. The van der Waals surface area contributed by atoms with Crippen LogP contribution in [0.5, 0.6) is 5.75 Å². The quantitative estimate of drug-likeness (QED) is 0.713. The molecule has 0 amide bonds. The summed E-state index contributed by atoms with van der Waals surface area (Å²) >= 11 is 0. The number of aryl methyl sites for hydroxylation is 2. The van der Waals surface area contributed by atoms with Gasteiger partial charge in [0.2, 0.25) is 0 Å². The average Bonchev–Trinajstić information content (AvgIpc) is 2.95. The van der Waals surface area contributed by atoms with Gasteiger partial charge in [-0.15, -0.1) is 0 Å². The zero-order valence-corrected chi connectivity index (χ0v) is 17.4. The summed E-state index contributed by atoms with van der Waals surface area (Å²) in [7, 11) is 3.73. The van der Waals surface area contributed by atoms with E-state index >= 15 is 0 Å². The molecule has 2 aromatic rings. The first-order chi connectivity index (χ1) is 12.8. The van der Waals surface area contributed by atoms with Crippen molar-refractivity contribution in [1.82, 2.24) is 4.57 Å². The van der Waals surface area contributed by atoms with Gasteiger partial charge in [0, 0.05) is 25.4 Å². The zero-order chi connectivity index (χ0) is 20.0. The SMILES string of the molecule is C=c1ccn(C)/c1=C(/C)Nc1ccc(C)cc1O[C@@H](C)C/C(=C\CC)OC. The second-order valence-electron chi connectivity index (χ2n) is 6.97. The van der Waals surface area contributed by atoms with Crippen LogP contribution in [0.25, 0.3) is 12.3 Å². The lowest BCUT2D eigenvalue weighted by Gasteiger charge is -2.20. The van der Waals surface area contributed by atoms with E-state index in [1.165, 1.54) is 0 Å². The lowest BCUT2D eigenvalue weighted by molar-refractivity contribution is 0.183. The molecule has 1 N–H and O–H groups in total. The van der Waals surface area contributed by atoms with Crippen LogP contribution in [0, 0.1) is 6.92 Å². The highest BCUT2D eigenvalue weighted by Crippen LogP contribution is 2.29. The molecule has 0 radical (unpaired) electrons. The van der Waals surface area contributed by atoms with E-state index in [-0.39, 0.29) is 6.10 Å². The number of hydrogen-bond donors (Lipinski definition) is 1. The van der Waals surface area contributed by atoms with Gasteiger partial charge in [-0.1, -0.05) is 19.6 Å². The normalized spacial score (nSPS) is 13.9. The highest BCUT2D eigenvalue weighted by molar-refractivity contribution is 5.69. The maximum absolute atomic E-state index is 6.26. The number of methoxy groups -OCH3 is 1. The van der Waals surface area contributed by atoms with E-state index in [9.17, 15) is 0 Å². The Morgan fingerprint density at radius 1 is 1.33 bits per heavy atom. The van der Waals surface area contributed by atoms with Gasteiger partial charge in [0.1, 0.15) is 11.9 Å². The summed E-state index contributed by atoms with van der Waals surface area (Å²) < 4.78 is 13.8. The van der Waals surface area contributed by atoms with Crippen LogP contribution in [-0.2, 0) is 11.8 Å². The minimum Gasteiger partial charge on any atom is -0.501 e. The minimum atomic E-state index is 0.00356. The molecule has 4 nitrogen and oxygen atoms in total. The summed E-state index contributed by atoms with van der Waals surface area (Å²) in [5.41, 5.74) is 3.15. The Bertz CT molecular complexity index is 909. The molecule has 0 aliphatic rings. The van der Waals surface area contributed by atoms with Crippen molar-refractivity contribution in [1.29, 1.82) is 0 Å². The first-order valence-electron chi connectivity index (χ1n) is 9.44. The number of allylic oxidation sites excluding steroid dienone is 1. The molecular formula is C23H32N2O2. The summed E-state index contributed by atoms with van der Waals surface area (Å²) in [6.07, 6.45) is 5.80. The van der Waals surface area contributed by atoms with E-state index in [2.05, 4.69) is 68.4 Å². The number of anilines is 1. The number of nitrogens with zero attached hydrogens (tertiary/aromatic N) is 1. The van der Waals surface area contributed by atoms with Crippen molar-refractivity contribution in [2.24, 2.45) is 7.05 Å². The number of rotatable bonds is 8. The number of benzene rings is 1. The molecule has 0 unspecified atom stereocenters. The summed E-state index contributed by atoms with van der Waals surface area (Å²) in [6.45, 7) is 12.4. The predicted octanol–water partition coefficient (Wildman–Crippen LogP) is 4.08. The Kier molecular flexibility index (Phi) is 7.17. The zero-order valence-electron chi connectivity index (χ0n) is 17.4. The molecule has 2 rings (SSSR count). The van der Waals surface area contributed by atoms with Gasteiger partial charge >= 0.3 is 0 Å². The first-order valence-corrected chi connectivity index (χ1v) is 9.44. The summed E-state index contributed by atoms with van der Waals surface area (Å²) in [6, 6.07) is 8.23. The van der Waals surface area contributed by atoms with Crippen LogP contribution < -0.4 is 20.6 Å². The highest BCUT2D eigenvalue weighted by atomic mass is 16.5. The molecule has 27 heavy (non-hydrogen) atoms. The Hall–Kier alpha value is -2.62. The summed E-state index contributed by atoms with van der Waals surface area (Å²) in [5, 5.41) is 5.59. The lowest BCUT2D eigenvalue weighted by atomic mass is 10.2. The molecular weight excluding hydrogens is 336 g/mol. The van der Waals surface area contributed by atoms with Crippen molar-refractivity contribution in [3.63, 3.8) is 0 Å². The third kappa shape index (κ3) is 5.43. The topological polar surface area (TPSA) is 35.4 Å². The van der Waals surface area contributed by atoms with E-state index in [1.807, 2.05) is 19.3 Å². The molecule has 1 heterocycles. The molecule has 0 saturated carbocycles. The van der Waals surface area contributed by atoms with E-state index in [1.54, 1.807) is 7.11 Å². The van der Waals surface area contributed by atoms with Crippen molar-refractivity contribution >= 4 is 18.0 Å². The van der Waals surface area contributed by atoms with Gasteiger partial charge < -0.3 is 19.4 Å². The smallest absolute Gasteiger partial charge is 0.143 e. The van der Waals surface area contributed by atoms with Crippen LogP contribution in [0.3, 0.4) is 0 Å². The standard InChI is InChI=1S/C23H32N2O2/c1-8-9-20(26-7)15-18(4)27-22-14-16(2)10-11-21(22)24-19(5)23-17(3)12-13-25(23)6/h9-14,18,24H,3,8,15H2,1-2,4-7H3/b20-9+,23-19-/t18-/m0/s1. The number of aromatic nitrogens is 1. The molecule has 146 valence electrons. The van der Waals surface area contributed by atoms with Crippen molar-refractivity contribution in [2.45, 2.75) is 46.6 Å². The first kappa shape index (κ1) is 20.7. The van der Waals surface area contributed by atoms with Crippen LogP contribution in [-0.4, -0.2) is 17.8 Å². The maximum Gasteiger partial charge on any atom is 0.143 e. The second-order valence-corrected chi connectivity index (χ2v) is 6.97. The Labute approximate surface area is 162 Å². The molecule has 0 aliphatic carbocycles. The fraction of sp³-hybridized carbons (Fsp3) is 0.391. The van der Waals surface area contributed by atoms with Gasteiger partial charge in [-0.25, -0.2) is 0 Å². The van der Waals surface area contributed by atoms with Crippen LogP contribution in [0.1, 0.15) is 39.2 Å². The van der Waals surface area contributed by atoms with E-state index in [0.29, 0.717) is 0 Å². The largest absolute Gasteiger partial charge is 0.501 e. The Balaban J connectivity index is 2.29. The van der Waals surface area contributed by atoms with Crippen LogP contribution in [0.4, 0.5) is 5.69 Å². The lowest BCUT2D eigenvalue weighted by Crippen LogP contribution is -2.30. The summed E-state index contributed by atoms with van der Waals surface area (Å²) in [4.78, 5) is 0. The van der Waals surface area contributed by atoms with Crippen molar-refractivity contribution in [3.8, 4) is 5.75 Å². The van der Waals surface area contributed by atoms with E-state index < -0.39 is 0 Å². The van der Waals surface area contributed by atoms with Gasteiger partial charge in [0.05, 0.1) is 23.9 Å². The Morgan fingerprint density at radius 3 is 2.67 bits per heavy atom. The number of ether oxygens (including phenoxy) is 2. The fourth-order valence-electron chi connectivity index (χ4n) is 3.20. The monoisotopic (exact) mass is 368 g/mol. The van der Waals surface area contributed by atoms with Crippen molar-refractivity contribution in [3.05, 3.63) is 58.4 Å². The second kappa shape index (κ2) is 9.36. The fourth-order valence-corrected chi connectivity index (χ4v) is 3.20. The molecule has 0 saturated heterocycles. The van der Waals surface area contributed by atoms with Crippen molar-refractivity contribution < 1.29 is 9.47 Å². The van der Waals surface area contributed by atoms with Gasteiger partial charge in [0.25, 0.3) is 0 Å². The van der Waals surface area contributed by atoms with Gasteiger partial charge in [-0.2, -0.15) is 0 Å². The molecule has 0 bridgehead atoms. The minimum absolute atomic E-state index is 0.00356. The van der Waals surface area contributed by atoms with Crippen molar-refractivity contribution in [2.75, 3.05) is 12.4 Å². The van der Waals surface area contributed by atoms with Gasteiger partial charge in [0.15, 0.2) is 0 Å². The molecule has 0 aliphatic heterocycles. The molecule has 4 heteroatoms.